The van der Waals surface area contributed by atoms with Crippen molar-refractivity contribution in [3.63, 3.8) is 0 Å². The van der Waals surface area contributed by atoms with Gasteiger partial charge in [0.15, 0.2) is 0 Å². The van der Waals surface area contributed by atoms with E-state index in [1.807, 2.05) is 24.3 Å². The molecule has 2 amide bonds. The lowest BCUT2D eigenvalue weighted by Crippen LogP contribution is -2.34. The number of alkyl halides is 3. The Labute approximate surface area is 233 Å². The number of likely N-dealkylation sites (N-methyl/N-ethyl adjacent to an activating group) is 1. The number of rotatable bonds is 8. The highest BCUT2D eigenvalue weighted by molar-refractivity contribution is 6.01. The lowest BCUT2D eigenvalue weighted by molar-refractivity contribution is -0.137. The van der Waals surface area contributed by atoms with E-state index in [9.17, 15) is 22.8 Å². The Balaban J connectivity index is 1.54. The summed E-state index contributed by atoms with van der Waals surface area (Å²) in [6.45, 7) is 6.20. The van der Waals surface area contributed by atoms with Gasteiger partial charge in [0.25, 0.3) is 5.91 Å². The van der Waals surface area contributed by atoms with Crippen LogP contribution in [0, 0.1) is 11.8 Å². The van der Waals surface area contributed by atoms with Crippen LogP contribution in [0.4, 0.5) is 13.2 Å². The molecule has 5 nitrogen and oxygen atoms in total. The van der Waals surface area contributed by atoms with Gasteiger partial charge in [0.05, 0.1) is 18.7 Å². The molecule has 3 aromatic rings. The highest BCUT2D eigenvalue weighted by Crippen LogP contribution is 2.32. The van der Waals surface area contributed by atoms with E-state index in [0.717, 1.165) is 17.7 Å². The van der Waals surface area contributed by atoms with Crippen molar-refractivity contribution in [3.8, 4) is 23.0 Å². The third-order valence-electron chi connectivity index (χ3n) is 6.00. The van der Waals surface area contributed by atoms with Gasteiger partial charge in [0.1, 0.15) is 0 Å². The lowest BCUT2D eigenvalue weighted by atomic mass is 9.98. The SMILES string of the molecule is C/C(=C\N(C)CC(=O)NCC#Cc1ccc(C(C)C)cc1)NC(=O)c1ccccc1-c1ccc(C(F)(F)F)cc1. The first-order valence-electron chi connectivity index (χ1n) is 12.8. The molecule has 3 rings (SSSR count). The average Bonchev–Trinajstić information content (AvgIpc) is 2.90. The van der Waals surface area contributed by atoms with E-state index in [4.69, 9.17) is 0 Å². The number of carbonyl (C=O) groups is 2. The van der Waals surface area contributed by atoms with Gasteiger partial charge in [-0.15, -0.1) is 0 Å². The number of hydrogen-bond acceptors (Lipinski definition) is 3. The molecule has 0 radical (unpaired) electrons. The standard InChI is InChI=1S/C32H32F3N3O2/c1-22(2)25-13-11-24(12-14-25)8-7-19-36-30(39)21-38(4)20-23(3)37-31(40)29-10-6-5-9-28(29)26-15-17-27(18-16-26)32(33,34)35/h5-6,9-18,20,22H,19,21H2,1-4H3,(H,36,39)(H,37,40)/b23-20+. The molecule has 3 aromatic carbocycles. The van der Waals surface area contributed by atoms with Crippen LogP contribution in [0.5, 0.6) is 0 Å². The molecule has 0 saturated heterocycles. The minimum absolute atomic E-state index is 0.0557. The Morgan fingerprint density at radius 1 is 0.975 bits per heavy atom. The van der Waals surface area contributed by atoms with Crippen LogP contribution in [0.3, 0.4) is 0 Å². The molecule has 0 bridgehead atoms. The van der Waals surface area contributed by atoms with E-state index in [1.165, 1.54) is 17.7 Å². The molecule has 208 valence electrons. The fourth-order valence-electron chi connectivity index (χ4n) is 3.95. The van der Waals surface area contributed by atoms with E-state index in [0.29, 0.717) is 28.3 Å². The quantitative estimate of drug-likeness (QED) is 0.331. The average molecular weight is 548 g/mol. The second-order valence-electron chi connectivity index (χ2n) is 9.66. The number of allylic oxidation sites excluding steroid dienone is 1. The molecule has 0 saturated carbocycles. The van der Waals surface area contributed by atoms with Crippen molar-refractivity contribution in [1.29, 1.82) is 0 Å². The Morgan fingerprint density at radius 3 is 2.25 bits per heavy atom. The fraction of sp³-hybridized carbons (Fsp3) is 0.250. The Bertz CT molecular complexity index is 1410. The van der Waals surface area contributed by atoms with Gasteiger partial charge in [0.2, 0.25) is 5.91 Å². The molecule has 0 unspecified atom stereocenters. The summed E-state index contributed by atoms with van der Waals surface area (Å²) in [6.07, 6.45) is -2.81. The van der Waals surface area contributed by atoms with E-state index < -0.39 is 17.6 Å². The first-order chi connectivity index (χ1) is 18.9. The summed E-state index contributed by atoms with van der Waals surface area (Å²) in [5.41, 5.74) is 3.17. The number of halogens is 3. The second kappa shape index (κ2) is 13.5. The van der Waals surface area contributed by atoms with E-state index in [2.05, 4.69) is 36.3 Å². The maximum Gasteiger partial charge on any atom is 0.416 e. The van der Waals surface area contributed by atoms with E-state index in [1.54, 1.807) is 49.3 Å². The zero-order chi connectivity index (χ0) is 29.3. The normalized spacial score (nSPS) is 11.4. The summed E-state index contributed by atoms with van der Waals surface area (Å²) in [6, 6.07) is 19.4. The van der Waals surface area contributed by atoms with Gasteiger partial charge < -0.3 is 15.5 Å². The van der Waals surface area contributed by atoms with Crippen LogP contribution in [0.1, 0.15) is 53.7 Å². The topological polar surface area (TPSA) is 61.4 Å². The Morgan fingerprint density at radius 2 is 1.62 bits per heavy atom. The monoisotopic (exact) mass is 547 g/mol. The van der Waals surface area contributed by atoms with Crippen LogP contribution in [0.25, 0.3) is 11.1 Å². The largest absolute Gasteiger partial charge is 0.416 e. The number of nitrogens with zero attached hydrogens (tertiary/aromatic N) is 1. The van der Waals surface area contributed by atoms with Crippen molar-refractivity contribution < 1.29 is 22.8 Å². The number of hydrogen-bond donors (Lipinski definition) is 2. The maximum atomic E-state index is 13.0. The fourth-order valence-corrected chi connectivity index (χ4v) is 3.95. The minimum Gasteiger partial charge on any atom is -0.370 e. The number of carbonyl (C=O) groups excluding carboxylic acids is 2. The van der Waals surface area contributed by atoms with Crippen LogP contribution in [-0.4, -0.2) is 36.9 Å². The molecule has 2 N–H and O–H groups in total. The molecule has 0 aliphatic rings. The van der Waals surface area contributed by atoms with Gasteiger partial charge in [-0.25, -0.2) is 0 Å². The van der Waals surface area contributed by atoms with Crippen molar-refractivity contribution in [2.24, 2.45) is 0 Å². The summed E-state index contributed by atoms with van der Waals surface area (Å²) in [5.74, 6) is 5.77. The van der Waals surface area contributed by atoms with Gasteiger partial charge in [-0.05, 0) is 59.9 Å². The zero-order valence-electron chi connectivity index (χ0n) is 22.9. The number of amides is 2. The van der Waals surface area contributed by atoms with E-state index in [-0.39, 0.29) is 19.0 Å². The first kappa shape index (κ1) is 30.0. The van der Waals surface area contributed by atoms with Crippen molar-refractivity contribution in [2.45, 2.75) is 32.9 Å². The molecule has 0 atom stereocenters. The molecule has 0 heterocycles. The van der Waals surface area contributed by atoms with Crippen molar-refractivity contribution in [1.82, 2.24) is 15.5 Å². The summed E-state index contributed by atoms with van der Waals surface area (Å²) < 4.78 is 38.8. The molecule has 0 aliphatic carbocycles. The number of benzene rings is 3. The smallest absolute Gasteiger partial charge is 0.370 e. The maximum absolute atomic E-state index is 13.0. The molecule has 0 aliphatic heterocycles. The summed E-state index contributed by atoms with van der Waals surface area (Å²) in [7, 11) is 1.70. The Kier molecular flexibility index (Phi) is 10.2. The van der Waals surface area contributed by atoms with Gasteiger partial charge in [-0.1, -0.05) is 68.2 Å². The summed E-state index contributed by atoms with van der Waals surface area (Å²) >= 11 is 0. The van der Waals surface area contributed by atoms with Crippen LogP contribution in [-0.2, 0) is 11.0 Å². The third-order valence-corrected chi connectivity index (χ3v) is 6.00. The summed E-state index contributed by atoms with van der Waals surface area (Å²) in [4.78, 5) is 26.9. The minimum atomic E-state index is -4.44. The van der Waals surface area contributed by atoms with Crippen LogP contribution >= 0.6 is 0 Å². The molecular formula is C32H32F3N3O2. The van der Waals surface area contributed by atoms with Gasteiger partial charge in [-0.3, -0.25) is 9.59 Å². The van der Waals surface area contributed by atoms with Gasteiger partial charge >= 0.3 is 6.18 Å². The number of nitrogens with one attached hydrogen (secondary N) is 2. The van der Waals surface area contributed by atoms with Crippen molar-refractivity contribution >= 4 is 11.8 Å². The molecular weight excluding hydrogens is 515 g/mol. The van der Waals surface area contributed by atoms with Crippen LogP contribution in [0.2, 0.25) is 0 Å². The second-order valence-corrected chi connectivity index (χ2v) is 9.66. The molecule has 8 heteroatoms. The third kappa shape index (κ3) is 8.77. The molecule has 0 aromatic heterocycles. The van der Waals surface area contributed by atoms with Gasteiger partial charge in [0, 0.05) is 30.1 Å². The highest BCUT2D eigenvalue weighted by atomic mass is 19.4. The summed E-state index contributed by atoms with van der Waals surface area (Å²) in [5, 5.41) is 5.52. The van der Waals surface area contributed by atoms with Crippen molar-refractivity contribution in [3.05, 3.63) is 107 Å². The van der Waals surface area contributed by atoms with Crippen LogP contribution in [0.15, 0.2) is 84.7 Å². The first-order valence-corrected chi connectivity index (χ1v) is 12.8. The predicted octanol–water partition coefficient (Wildman–Crippen LogP) is 6.19. The highest BCUT2D eigenvalue weighted by Gasteiger charge is 2.30. The lowest BCUT2D eigenvalue weighted by Gasteiger charge is -2.16. The molecule has 0 spiro atoms. The zero-order valence-corrected chi connectivity index (χ0v) is 22.9. The van der Waals surface area contributed by atoms with Gasteiger partial charge in [-0.2, -0.15) is 13.2 Å². The predicted molar refractivity (Wildman–Crippen MR) is 151 cm³/mol. The Hall–Kier alpha value is -4.51. The van der Waals surface area contributed by atoms with E-state index >= 15 is 0 Å². The molecule has 40 heavy (non-hydrogen) atoms. The molecule has 0 fully saturated rings. The van der Waals surface area contributed by atoms with Crippen molar-refractivity contribution in [2.75, 3.05) is 20.1 Å². The van der Waals surface area contributed by atoms with Crippen LogP contribution < -0.4 is 10.6 Å².